The zero-order valence-electron chi connectivity index (χ0n) is 13.2. The summed E-state index contributed by atoms with van der Waals surface area (Å²) in [7, 11) is 0. The van der Waals surface area contributed by atoms with Gasteiger partial charge in [-0.05, 0) is 29.8 Å². The Morgan fingerprint density at radius 1 is 1.16 bits per heavy atom. The summed E-state index contributed by atoms with van der Waals surface area (Å²) in [4.78, 5) is 31.1. The van der Waals surface area contributed by atoms with Crippen LogP contribution in [0, 0.1) is 0 Å². The van der Waals surface area contributed by atoms with E-state index in [4.69, 9.17) is 23.2 Å². The molecule has 0 atom stereocenters. The average Bonchev–Trinajstić information content (AvgIpc) is 2.59. The third-order valence-corrected chi connectivity index (χ3v) is 4.33. The van der Waals surface area contributed by atoms with E-state index in [2.05, 4.69) is 15.3 Å². The number of H-pyrrole nitrogens is 1. The van der Waals surface area contributed by atoms with Crippen molar-refractivity contribution in [2.45, 2.75) is 19.4 Å². The monoisotopic (exact) mass is 375 g/mol. The number of rotatable bonds is 5. The molecule has 7 heteroatoms. The summed E-state index contributed by atoms with van der Waals surface area (Å²) >= 11 is 11.9. The first-order chi connectivity index (χ1) is 12.0. The van der Waals surface area contributed by atoms with Crippen molar-refractivity contribution in [2.75, 3.05) is 0 Å². The molecule has 3 rings (SSSR count). The summed E-state index contributed by atoms with van der Waals surface area (Å²) in [6.07, 6.45) is 0.562. The number of carbonyl (C=O) groups excluding carboxylic acids is 1. The fourth-order valence-electron chi connectivity index (χ4n) is 2.43. The maximum Gasteiger partial charge on any atom is 0.258 e. The molecule has 0 aliphatic rings. The lowest BCUT2D eigenvalue weighted by Crippen LogP contribution is -2.24. The minimum atomic E-state index is -0.200. The Morgan fingerprint density at radius 2 is 1.96 bits per heavy atom. The van der Waals surface area contributed by atoms with Crippen LogP contribution in [-0.4, -0.2) is 15.9 Å². The van der Waals surface area contributed by atoms with E-state index in [-0.39, 0.29) is 17.9 Å². The second kappa shape index (κ2) is 7.68. The van der Waals surface area contributed by atoms with Crippen LogP contribution in [0.25, 0.3) is 10.9 Å². The highest BCUT2D eigenvalue weighted by Gasteiger charge is 2.08. The number of fused-ring (bicyclic) bond motifs is 1. The van der Waals surface area contributed by atoms with E-state index in [1.165, 1.54) is 0 Å². The molecule has 3 aromatic rings. The molecule has 128 valence electrons. The Labute approximate surface area is 154 Å². The van der Waals surface area contributed by atoms with Crippen molar-refractivity contribution >= 4 is 40.0 Å². The molecule has 0 aliphatic heterocycles. The average molecular weight is 376 g/mol. The van der Waals surface area contributed by atoms with Gasteiger partial charge in [-0.2, -0.15) is 0 Å². The molecule has 0 fully saturated rings. The smallest absolute Gasteiger partial charge is 0.258 e. The van der Waals surface area contributed by atoms with E-state index in [0.29, 0.717) is 39.7 Å². The molecule has 2 N–H and O–H groups in total. The molecule has 5 nitrogen and oxygen atoms in total. The summed E-state index contributed by atoms with van der Waals surface area (Å²) in [6.45, 7) is 0.316. The summed E-state index contributed by atoms with van der Waals surface area (Å²) in [5.74, 6) is 0.338. The quantitative estimate of drug-likeness (QED) is 0.716. The second-order valence-corrected chi connectivity index (χ2v) is 6.39. The van der Waals surface area contributed by atoms with E-state index in [0.717, 1.165) is 5.56 Å². The minimum Gasteiger partial charge on any atom is -0.352 e. The van der Waals surface area contributed by atoms with E-state index in [1.54, 1.807) is 36.4 Å². The van der Waals surface area contributed by atoms with Gasteiger partial charge in [0.1, 0.15) is 5.82 Å². The summed E-state index contributed by atoms with van der Waals surface area (Å²) in [5, 5.41) is 4.39. The molecule has 1 heterocycles. The molecule has 0 bridgehead atoms. The molecule has 0 radical (unpaired) electrons. The van der Waals surface area contributed by atoms with Crippen molar-refractivity contribution in [3.63, 3.8) is 0 Å². The second-order valence-electron chi connectivity index (χ2n) is 5.54. The van der Waals surface area contributed by atoms with Gasteiger partial charge in [-0.25, -0.2) is 4.98 Å². The van der Waals surface area contributed by atoms with Crippen LogP contribution >= 0.6 is 23.2 Å². The first-order valence-corrected chi connectivity index (χ1v) is 8.47. The predicted molar refractivity (Wildman–Crippen MR) is 99.0 cm³/mol. The lowest BCUT2D eigenvalue weighted by molar-refractivity contribution is -0.121. The van der Waals surface area contributed by atoms with Crippen LogP contribution in [0.2, 0.25) is 10.0 Å². The maximum atomic E-state index is 12.0. The van der Waals surface area contributed by atoms with Gasteiger partial charge in [0.25, 0.3) is 5.56 Å². The molecule has 0 aliphatic carbocycles. The fraction of sp³-hybridized carbons (Fsp3) is 0.167. The lowest BCUT2D eigenvalue weighted by Gasteiger charge is -2.07. The molecule has 25 heavy (non-hydrogen) atoms. The summed E-state index contributed by atoms with van der Waals surface area (Å²) in [5.41, 5.74) is 1.21. The largest absolute Gasteiger partial charge is 0.352 e. The normalized spacial score (nSPS) is 10.8. The van der Waals surface area contributed by atoms with Crippen LogP contribution in [0.15, 0.2) is 47.3 Å². The number of aromatic amines is 1. The van der Waals surface area contributed by atoms with Crippen molar-refractivity contribution in [1.29, 1.82) is 0 Å². The zero-order valence-corrected chi connectivity index (χ0v) is 14.7. The summed E-state index contributed by atoms with van der Waals surface area (Å²) < 4.78 is 0. The van der Waals surface area contributed by atoms with Gasteiger partial charge in [0, 0.05) is 29.4 Å². The van der Waals surface area contributed by atoms with Crippen LogP contribution in [0.4, 0.5) is 0 Å². The molecule has 0 unspecified atom stereocenters. The Kier molecular flexibility index (Phi) is 5.36. The van der Waals surface area contributed by atoms with Gasteiger partial charge < -0.3 is 10.3 Å². The molecule has 0 saturated carbocycles. The minimum absolute atomic E-state index is 0.151. The van der Waals surface area contributed by atoms with Gasteiger partial charge in [-0.1, -0.05) is 41.4 Å². The van der Waals surface area contributed by atoms with Crippen molar-refractivity contribution in [1.82, 2.24) is 15.3 Å². The van der Waals surface area contributed by atoms with Gasteiger partial charge in [0.2, 0.25) is 5.91 Å². The lowest BCUT2D eigenvalue weighted by atomic mass is 10.2. The number of hydrogen-bond acceptors (Lipinski definition) is 3. The Bertz CT molecular complexity index is 985. The first kappa shape index (κ1) is 17.5. The highest BCUT2D eigenvalue weighted by Crippen LogP contribution is 2.20. The van der Waals surface area contributed by atoms with E-state index in [9.17, 15) is 9.59 Å². The molecule has 0 spiro atoms. The molecule has 1 amide bonds. The van der Waals surface area contributed by atoms with Gasteiger partial charge in [-0.15, -0.1) is 0 Å². The van der Waals surface area contributed by atoms with Crippen LogP contribution in [0.3, 0.4) is 0 Å². The number of carbonyl (C=O) groups is 1. The molecular weight excluding hydrogens is 361 g/mol. The van der Waals surface area contributed by atoms with E-state index >= 15 is 0 Å². The van der Waals surface area contributed by atoms with Crippen molar-refractivity contribution < 1.29 is 4.79 Å². The number of hydrogen-bond donors (Lipinski definition) is 2. The standard InChI is InChI=1S/C18H15Cl2N3O2/c19-12-6-5-11(14(20)9-12)10-21-17(24)8-7-16-22-15-4-2-1-3-13(15)18(25)23-16/h1-6,9H,7-8,10H2,(H,21,24)(H,22,23,25). The Balaban J connectivity index is 1.60. The van der Waals surface area contributed by atoms with Gasteiger partial charge in [0.05, 0.1) is 10.9 Å². The van der Waals surface area contributed by atoms with Crippen molar-refractivity contribution in [3.8, 4) is 0 Å². The number of halogens is 2. The number of benzene rings is 2. The van der Waals surface area contributed by atoms with Gasteiger partial charge in [0.15, 0.2) is 0 Å². The number of nitrogens with zero attached hydrogens (tertiary/aromatic N) is 1. The van der Waals surface area contributed by atoms with Crippen LogP contribution < -0.4 is 10.9 Å². The van der Waals surface area contributed by atoms with Crippen LogP contribution in [-0.2, 0) is 17.8 Å². The number of aryl methyl sites for hydroxylation is 1. The third-order valence-electron chi connectivity index (χ3n) is 3.74. The number of para-hydroxylation sites is 1. The highest BCUT2D eigenvalue weighted by atomic mass is 35.5. The van der Waals surface area contributed by atoms with Crippen LogP contribution in [0.1, 0.15) is 17.8 Å². The van der Waals surface area contributed by atoms with Crippen LogP contribution in [0.5, 0.6) is 0 Å². The number of aromatic nitrogens is 2. The van der Waals surface area contributed by atoms with Crippen molar-refractivity contribution in [2.24, 2.45) is 0 Å². The number of amides is 1. The zero-order chi connectivity index (χ0) is 17.8. The predicted octanol–water partition coefficient (Wildman–Crippen LogP) is 3.48. The maximum absolute atomic E-state index is 12.0. The SMILES string of the molecule is O=C(CCc1nc2ccccc2c(=O)[nH]1)NCc1ccc(Cl)cc1Cl. The van der Waals surface area contributed by atoms with E-state index in [1.807, 2.05) is 6.07 Å². The Hall–Kier alpha value is -2.37. The molecule has 1 aromatic heterocycles. The first-order valence-electron chi connectivity index (χ1n) is 7.71. The third kappa shape index (κ3) is 4.38. The summed E-state index contributed by atoms with van der Waals surface area (Å²) in [6, 6.07) is 12.2. The van der Waals surface area contributed by atoms with Crippen molar-refractivity contribution in [3.05, 3.63) is 74.3 Å². The molecular formula is C18H15Cl2N3O2. The molecule has 0 saturated heterocycles. The number of nitrogens with one attached hydrogen (secondary N) is 2. The highest BCUT2D eigenvalue weighted by molar-refractivity contribution is 6.35. The fourth-order valence-corrected chi connectivity index (χ4v) is 2.91. The Morgan fingerprint density at radius 3 is 2.76 bits per heavy atom. The van der Waals surface area contributed by atoms with E-state index < -0.39 is 0 Å². The molecule has 2 aromatic carbocycles. The van der Waals surface area contributed by atoms with Gasteiger partial charge in [-0.3, -0.25) is 9.59 Å². The van der Waals surface area contributed by atoms with Gasteiger partial charge >= 0.3 is 0 Å². The topological polar surface area (TPSA) is 74.8 Å².